The molecule has 0 aliphatic rings. The molecule has 3 N–H and O–H groups in total. The summed E-state index contributed by atoms with van der Waals surface area (Å²) in [4.78, 5) is 14.9. The largest absolute Gasteiger partial charge is 0.378 e. The van der Waals surface area contributed by atoms with Crippen LogP contribution < -0.4 is 11.2 Å². The molecule has 1 amide bonds. The smallest absolute Gasteiger partial charge is 0.293 e. The van der Waals surface area contributed by atoms with Crippen molar-refractivity contribution in [3.8, 4) is 5.82 Å². The summed E-state index contributed by atoms with van der Waals surface area (Å²) in [6, 6.07) is 8.01. The van der Waals surface area contributed by atoms with Crippen LogP contribution in [-0.2, 0) is 12.0 Å². The number of carbonyl (C=O) groups is 1. The quantitative estimate of drug-likeness (QED) is 0.402. The van der Waals surface area contributed by atoms with Gasteiger partial charge in [0, 0.05) is 6.54 Å². The number of benzene rings is 1. The number of nitrogen functional groups attached to an aromatic ring is 1. The first-order valence-electron chi connectivity index (χ1n) is 10.4. The monoisotopic (exact) mass is 439 g/mol. The molecular weight excluding hydrogens is 410 g/mol. The Labute approximate surface area is 186 Å². The first-order valence-corrected chi connectivity index (χ1v) is 10.4. The van der Waals surface area contributed by atoms with Crippen molar-refractivity contribution in [3.05, 3.63) is 46.8 Å². The number of aromatic nitrogens is 5. The second-order valence-electron chi connectivity index (χ2n) is 8.30. The van der Waals surface area contributed by atoms with Gasteiger partial charge in [0.05, 0.1) is 11.9 Å². The second kappa shape index (κ2) is 9.69. The molecule has 3 rings (SSSR count). The minimum Gasteiger partial charge on any atom is -0.378 e. The SMILES string of the molecule is CCN(CC)Cc1c(C(=O)NN=Cc2ccc(C(C)(C)C)cc2)nnn1-c1nonc1N. The van der Waals surface area contributed by atoms with Crippen LogP contribution in [0, 0.1) is 0 Å². The molecule has 0 fully saturated rings. The molecule has 11 heteroatoms. The van der Waals surface area contributed by atoms with Crippen LogP contribution in [0.2, 0.25) is 0 Å². The second-order valence-corrected chi connectivity index (χ2v) is 8.30. The standard InChI is InChI=1S/C21H29N9O2/c1-6-29(7-2)13-16-17(24-28-30(16)19-18(22)26-32-27-19)20(31)25-23-12-14-8-10-15(11-9-14)21(3,4)5/h8-12H,6-7,13H2,1-5H3,(H2,22,26)(H,25,31). The molecule has 0 saturated heterocycles. The first-order chi connectivity index (χ1) is 15.2. The maximum atomic E-state index is 12.8. The average Bonchev–Trinajstić information content (AvgIpc) is 3.37. The Morgan fingerprint density at radius 1 is 1.22 bits per heavy atom. The van der Waals surface area contributed by atoms with Gasteiger partial charge in [-0.05, 0) is 39.9 Å². The van der Waals surface area contributed by atoms with Gasteiger partial charge in [-0.2, -0.15) is 9.78 Å². The van der Waals surface area contributed by atoms with E-state index < -0.39 is 5.91 Å². The third kappa shape index (κ3) is 5.17. The van der Waals surface area contributed by atoms with E-state index in [9.17, 15) is 4.79 Å². The topological polar surface area (TPSA) is 140 Å². The molecule has 170 valence electrons. The molecule has 0 unspecified atom stereocenters. The molecule has 2 aromatic heterocycles. The normalized spacial score (nSPS) is 12.1. The summed E-state index contributed by atoms with van der Waals surface area (Å²) in [7, 11) is 0. The average molecular weight is 440 g/mol. The van der Waals surface area contributed by atoms with Gasteiger partial charge >= 0.3 is 0 Å². The number of amides is 1. The molecular formula is C21H29N9O2. The Hall–Kier alpha value is -3.60. The maximum Gasteiger partial charge on any atom is 0.293 e. The highest BCUT2D eigenvalue weighted by molar-refractivity contribution is 5.94. The fourth-order valence-electron chi connectivity index (χ4n) is 3.07. The lowest BCUT2D eigenvalue weighted by Crippen LogP contribution is -2.27. The van der Waals surface area contributed by atoms with Crippen molar-refractivity contribution in [1.82, 2.24) is 35.6 Å². The molecule has 0 atom stereocenters. The Bertz CT molecular complexity index is 1070. The van der Waals surface area contributed by atoms with Gasteiger partial charge in [-0.15, -0.1) is 5.10 Å². The van der Waals surface area contributed by atoms with E-state index >= 15 is 0 Å². The summed E-state index contributed by atoms with van der Waals surface area (Å²) >= 11 is 0. The molecule has 0 aliphatic carbocycles. The molecule has 1 aromatic carbocycles. The molecule has 0 spiro atoms. The number of nitrogens with two attached hydrogens (primary N) is 1. The van der Waals surface area contributed by atoms with Crippen molar-refractivity contribution in [1.29, 1.82) is 0 Å². The number of hydrogen-bond acceptors (Lipinski definition) is 9. The number of carbonyl (C=O) groups excluding carboxylic acids is 1. The Kier molecular flexibility index (Phi) is 6.98. The summed E-state index contributed by atoms with van der Waals surface area (Å²) in [6.07, 6.45) is 1.58. The van der Waals surface area contributed by atoms with E-state index in [2.05, 4.69) is 61.5 Å². The first kappa shape index (κ1) is 23.1. The van der Waals surface area contributed by atoms with Crippen LogP contribution in [0.5, 0.6) is 0 Å². The molecule has 0 bridgehead atoms. The van der Waals surface area contributed by atoms with Gasteiger partial charge in [0.2, 0.25) is 11.6 Å². The van der Waals surface area contributed by atoms with Gasteiger partial charge in [0.25, 0.3) is 5.91 Å². The summed E-state index contributed by atoms with van der Waals surface area (Å²) in [6.45, 7) is 12.5. The zero-order valence-electron chi connectivity index (χ0n) is 19.0. The van der Waals surface area contributed by atoms with Crippen molar-refractivity contribution in [3.63, 3.8) is 0 Å². The predicted octanol–water partition coefficient (Wildman–Crippen LogP) is 2.14. The molecule has 0 radical (unpaired) electrons. The van der Waals surface area contributed by atoms with Crippen molar-refractivity contribution < 1.29 is 9.42 Å². The predicted molar refractivity (Wildman–Crippen MR) is 120 cm³/mol. The van der Waals surface area contributed by atoms with E-state index in [0.29, 0.717) is 12.2 Å². The van der Waals surface area contributed by atoms with Gasteiger partial charge in [0.1, 0.15) is 0 Å². The minimum absolute atomic E-state index is 0.0550. The van der Waals surface area contributed by atoms with E-state index in [1.165, 1.54) is 10.2 Å². The van der Waals surface area contributed by atoms with Gasteiger partial charge in [-0.1, -0.05) is 64.1 Å². The van der Waals surface area contributed by atoms with E-state index in [0.717, 1.165) is 18.7 Å². The summed E-state index contributed by atoms with van der Waals surface area (Å²) in [5.41, 5.74) is 11.1. The fourth-order valence-corrected chi connectivity index (χ4v) is 3.07. The van der Waals surface area contributed by atoms with Crippen LogP contribution in [-0.4, -0.2) is 55.4 Å². The summed E-state index contributed by atoms with van der Waals surface area (Å²) in [5, 5.41) is 19.5. The van der Waals surface area contributed by atoms with Crippen molar-refractivity contribution >= 4 is 17.9 Å². The van der Waals surface area contributed by atoms with Crippen LogP contribution in [0.25, 0.3) is 5.82 Å². The van der Waals surface area contributed by atoms with Crippen LogP contribution in [0.1, 0.15) is 61.9 Å². The van der Waals surface area contributed by atoms with Gasteiger partial charge < -0.3 is 5.73 Å². The number of hydrazone groups is 1. The molecule has 32 heavy (non-hydrogen) atoms. The number of nitrogens with zero attached hydrogens (tertiary/aromatic N) is 7. The van der Waals surface area contributed by atoms with E-state index in [1.54, 1.807) is 6.21 Å². The van der Waals surface area contributed by atoms with Crippen molar-refractivity contribution in [2.24, 2.45) is 5.10 Å². The van der Waals surface area contributed by atoms with E-state index in [4.69, 9.17) is 5.73 Å². The van der Waals surface area contributed by atoms with Crippen LogP contribution in [0.4, 0.5) is 5.82 Å². The third-order valence-corrected chi connectivity index (χ3v) is 5.10. The molecule has 0 saturated carbocycles. The fraction of sp³-hybridized carbons (Fsp3) is 0.429. The Morgan fingerprint density at radius 2 is 1.91 bits per heavy atom. The van der Waals surface area contributed by atoms with Gasteiger partial charge in [-0.3, -0.25) is 9.69 Å². The number of anilines is 1. The Morgan fingerprint density at radius 3 is 2.47 bits per heavy atom. The summed E-state index contributed by atoms with van der Waals surface area (Å²) < 4.78 is 6.04. The molecule has 11 nitrogen and oxygen atoms in total. The number of rotatable bonds is 8. The molecule has 2 heterocycles. The Balaban J connectivity index is 1.80. The zero-order valence-corrected chi connectivity index (χ0v) is 19.0. The van der Waals surface area contributed by atoms with Crippen LogP contribution in [0.15, 0.2) is 34.0 Å². The van der Waals surface area contributed by atoms with Gasteiger partial charge in [0.15, 0.2) is 5.69 Å². The van der Waals surface area contributed by atoms with Crippen LogP contribution in [0.3, 0.4) is 0 Å². The minimum atomic E-state index is -0.490. The van der Waals surface area contributed by atoms with Gasteiger partial charge in [-0.25, -0.2) is 10.1 Å². The highest BCUT2D eigenvalue weighted by Gasteiger charge is 2.25. The van der Waals surface area contributed by atoms with Crippen molar-refractivity contribution in [2.75, 3.05) is 18.8 Å². The third-order valence-electron chi connectivity index (χ3n) is 5.10. The highest BCUT2D eigenvalue weighted by atomic mass is 16.6. The van der Waals surface area contributed by atoms with E-state index in [1.807, 2.05) is 38.1 Å². The summed E-state index contributed by atoms with van der Waals surface area (Å²) in [5.74, 6) is -0.253. The zero-order chi connectivity index (χ0) is 23.3. The van der Waals surface area contributed by atoms with Crippen LogP contribution >= 0.6 is 0 Å². The molecule has 0 aliphatic heterocycles. The lowest BCUT2D eigenvalue weighted by atomic mass is 9.87. The lowest BCUT2D eigenvalue weighted by molar-refractivity contribution is 0.0948. The van der Waals surface area contributed by atoms with Crippen molar-refractivity contribution in [2.45, 2.75) is 46.6 Å². The van der Waals surface area contributed by atoms with E-state index in [-0.39, 0.29) is 22.7 Å². The number of nitrogens with one attached hydrogen (secondary N) is 1. The maximum absolute atomic E-state index is 12.8. The number of hydrogen-bond donors (Lipinski definition) is 2. The molecule has 3 aromatic rings. The highest BCUT2D eigenvalue weighted by Crippen LogP contribution is 2.22. The lowest BCUT2D eigenvalue weighted by Gasteiger charge is -2.18.